The number of hydrogen-bond donors (Lipinski definition) is 0. The first-order chi connectivity index (χ1) is 16.2. The molecule has 4 aromatic rings. The fourth-order valence-electron chi connectivity index (χ4n) is 4.07. The Morgan fingerprint density at radius 2 is 1.94 bits per heavy atom. The van der Waals surface area contributed by atoms with Gasteiger partial charge in [0.05, 0.1) is 10.2 Å². The number of rotatable bonds is 3. The lowest BCUT2D eigenvalue weighted by Gasteiger charge is -2.07. The molecule has 2 aromatic heterocycles. The molecule has 0 radical (unpaired) electrons. The smallest absolute Gasteiger partial charge is 0.273 e. The molecule has 33 heavy (non-hydrogen) atoms. The zero-order valence-electron chi connectivity index (χ0n) is 17.7. The van der Waals surface area contributed by atoms with E-state index in [-0.39, 0.29) is 5.56 Å². The van der Waals surface area contributed by atoms with Crippen LogP contribution in [0.25, 0.3) is 17.3 Å². The first-order valence-corrected chi connectivity index (χ1v) is 12.4. The molecule has 0 amide bonds. The normalized spacial score (nSPS) is 15.0. The Morgan fingerprint density at radius 3 is 2.73 bits per heavy atom. The number of halogens is 1. The molecule has 8 heteroatoms. The highest BCUT2D eigenvalue weighted by Gasteiger charge is 2.21. The van der Waals surface area contributed by atoms with Gasteiger partial charge in [-0.15, -0.1) is 21.5 Å². The van der Waals surface area contributed by atoms with Gasteiger partial charge in [-0.25, -0.2) is 0 Å². The number of hydrogen-bond acceptors (Lipinski definition) is 5. The summed E-state index contributed by atoms with van der Waals surface area (Å²) in [5.41, 5.74) is 1.83. The Kier molecular flexibility index (Phi) is 6.07. The van der Waals surface area contributed by atoms with Crippen LogP contribution in [0.5, 0.6) is 0 Å². The summed E-state index contributed by atoms with van der Waals surface area (Å²) in [4.78, 5) is 13.6. The summed E-state index contributed by atoms with van der Waals surface area (Å²) in [6.45, 7) is 0.779. The molecule has 0 fully saturated rings. The molecule has 6 nitrogen and oxygen atoms in total. The van der Waals surface area contributed by atoms with Crippen LogP contribution in [0.3, 0.4) is 0 Å². The summed E-state index contributed by atoms with van der Waals surface area (Å²) in [6, 6.07) is 19.5. The maximum Gasteiger partial charge on any atom is 0.273 e. The lowest BCUT2D eigenvalue weighted by molar-refractivity contribution is 0.627. The molecule has 164 valence electrons. The predicted octanol–water partition coefficient (Wildman–Crippen LogP) is 3.53. The molecule has 3 heterocycles. The van der Waals surface area contributed by atoms with Crippen LogP contribution in [0.1, 0.15) is 36.5 Å². The number of para-hydroxylation sites is 1. The van der Waals surface area contributed by atoms with Crippen molar-refractivity contribution >= 4 is 38.9 Å². The summed E-state index contributed by atoms with van der Waals surface area (Å²) in [5, 5.41) is 19.0. The lowest BCUT2D eigenvalue weighted by Crippen LogP contribution is -2.31. The van der Waals surface area contributed by atoms with E-state index in [0.29, 0.717) is 26.3 Å². The van der Waals surface area contributed by atoms with E-state index < -0.39 is 0 Å². The molecule has 0 atom stereocenters. The molecule has 0 unspecified atom stereocenters. The fourth-order valence-corrected chi connectivity index (χ4v) is 5.59. The van der Waals surface area contributed by atoms with Gasteiger partial charge in [-0.1, -0.05) is 52.7 Å². The second kappa shape index (κ2) is 9.30. The first kappa shape index (κ1) is 21.6. The van der Waals surface area contributed by atoms with Gasteiger partial charge in [0, 0.05) is 17.4 Å². The van der Waals surface area contributed by atoms with Gasteiger partial charge in [0.2, 0.25) is 0 Å². The summed E-state index contributed by atoms with van der Waals surface area (Å²) >= 11 is 4.79. The Balaban J connectivity index is 1.83. The van der Waals surface area contributed by atoms with E-state index >= 15 is 0 Å². The van der Waals surface area contributed by atoms with Gasteiger partial charge < -0.3 is 4.57 Å². The second-order valence-electron chi connectivity index (χ2n) is 7.84. The molecular weight excluding hydrogens is 498 g/mol. The summed E-state index contributed by atoms with van der Waals surface area (Å²) < 4.78 is 5.71. The standard InChI is InChI=1S/C25H20BrN5OS/c26-18-9-7-8-17(14-18)15-21-24(32)31(19-10-3-1-4-11-19)25(33-21)20(16-27)23-29-28-22-12-5-2-6-13-30(22)23/h1,3-4,7-11,14-15H,2,5-6,12-13H2/b21-15+,25-20+. The number of aryl methyl sites for hydroxylation is 1. The third kappa shape index (κ3) is 4.22. The SMILES string of the molecule is N#C/C(c1nnc2n1CCCCC2)=c1\s/c(=C/c2cccc(Br)c2)c(=O)n1-c1ccccc1. The lowest BCUT2D eigenvalue weighted by atomic mass is 10.2. The minimum Gasteiger partial charge on any atom is -0.310 e. The van der Waals surface area contributed by atoms with Crippen LogP contribution in [0.15, 0.2) is 63.9 Å². The van der Waals surface area contributed by atoms with Crippen LogP contribution < -0.4 is 14.8 Å². The molecule has 0 bridgehead atoms. The second-order valence-corrected chi connectivity index (χ2v) is 9.78. The van der Waals surface area contributed by atoms with Crippen LogP contribution in [0.2, 0.25) is 0 Å². The average molecular weight is 518 g/mol. The van der Waals surface area contributed by atoms with Crippen molar-refractivity contribution < 1.29 is 0 Å². The molecular formula is C25H20BrN5OS. The third-order valence-electron chi connectivity index (χ3n) is 5.64. The number of thiazole rings is 1. The monoisotopic (exact) mass is 517 g/mol. The molecule has 0 saturated carbocycles. The summed E-state index contributed by atoms with van der Waals surface area (Å²) in [5.74, 6) is 1.44. The van der Waals surface area contributed by atoms with Gasteiger partial charge in [0.25, 0.3) is 5.56 Å². The summed E-state index contributed by atoms with van der Waals surface area (Å²) in [6.07, 6.45) is 5.93. The third-order valence-corrected chi connectivity index (χ3v) is 7.23. The Bertz CT molecular complexity index is 1540. The predicted molar refractivity (Wildman–Crippen MR) is 133 cm³/mol. The number of fused-ring (bicyclic) bond motifs is 1. The van der Waals surface area contributed by atoms with Crippen molar-refractivity contribution in [2.45, 2.75) is 32.2 Å². The van der Waals surface area contributed by atoms with Crippen LogP contribution >= 0.6 is 27.3 Å². The quantitative estimate of drug-likeness (QED) is 0.416. The van der Waals surface area contributed by atoms with E-state index in [9.17, 15) is 10.1 Å². The van der Waals surface area contributed by atoms with Crippen LogP contribution in [-0.4, -0.2) is 19.3 Å². The van der Waals surface area contributed by atoms with Gasteiger partial charge in [-0.2, -0.15) is 5.26 Å². The summed E-state index contributed by atoms with van der Waals surface area (Å²) in [7, 11) is 0. The Morgan fingerprint density at radius 1 is 1.09 bits per heavy atom. The van der Waals surface area contributed by atoms with Gasteiger partial charge in [-0.05, 0) is 48.7 Å². The molecule has 2 aromatic carbocycles. The van der Waals surface area contributed by atoms with Crippen molar-refractivity contribution in [1.29, 1.82) is 5.26 Å². The Labute approximate surface area is 202 Å². The minimum absolute atomic E-state index is 0.162. The maximum absolute atomic E-state index is 13.6. The van der Waals surface area contributed by atoms with E-state index in [1.165, 1.54) is 11.3 Å². The van der Waals surface area contributed by atoms with Crippen LogP contribution in [-0.2, 0) is 13.0 Å². The first-order valence-electron chi connectivity index (χ1n) is 10.8. The van der Waals surface area contributed by atoms with Crippen molar-refractivity contribution in [2.24, 2.45) is 0 Å². The largest absolute Gasteiger partial charge is 0.310 e. The van der Waals surface area contributed by atoms with Crippen molar-refractivity contribution in [3.8, 4) is 11.8 Å². The Hall–Kier alpha value is -3.28. The van der Waals surface area contributed by atoms with E-state index in [2.05, 4.69) is 32.2 Å². The van der Waals surface area contributed by atoms with E-state index in [0.717, 1.165) is 48.1 Å². The topological polar surface area (TPSA) is 76.5 Å². The maximum atomic E-state index is 13.6. The fraction of sp³-hybridized carbons (Fsp3) is 0.200. The average Bonchev–Trinajstić information content (AvgIpc) is 3.26. The number of nitriles is 1. The van der Waals surface area contributed by atoms with Gasteiger partial charge in [-0.3, -0.25) is 9.36 Å². The molecule has 5 rings (SSSR count). The van der Waals surface area contributed by atoms with E-state index in [1.807, 2.05) is 65.2 Å². The zero-order valence-corrected chi connectivity index (χ0v) is 20.1. The molecule has 0 spiro atoms. The van der Waals surface area contributed by atoms with Gasteiger partial charge in [0.1, 0.15) is 22.1 Å². The van der Waals surface area contributed by atoms with Crippen LogP contribution in [0, 0.1) is 11.3 Å². The number of nitrogens with zero attached hydrogens (tertiary/aromatic N) is 5. The van der Waals surface area contributed by atoms with Crippen molar-refractivity contribution in [2.75, 3.05) is 0 Å². The van der Waals surface area contributed by atoms with Crippen molar-refractivity contribution in [3.63, 3.8) is 0 Å². The molecule has 0 N–H and O–H groups in total. The highest BCUT2D eigenvalue weighted by molar-refractivity contribution is 9.10. The van der Waals surface area contributed by atoms with Gasteiger partial charge in [0.15, 0.2) is 5.82 Å². The van der Waals surface area contributed by atoms with E-state index in [4.69, 9.17) is 0 Å². The molecule has 0 aliphatic carbocycles. The minimum atomic E-state index is -0.162. The van der Waals surface area contributed by atoms with Crippen molar-refractivity contribution in [1.82, 2.24) is 19.3 Å². The van der Waals surface area contributed by atoms with Gasteiger partial charge >= 0.3 is 0 Å². The van der Waals surface area contributed by atoms with Crippen molar-refractivity contribution in [3.05, 3.63) is 95.8 Å². The highest BCUT2D eigenvalue weighted by Crippen LogP contribution is 2.18. The molecule has 1 aliphatic heterocycles. The zero-order chi connectivity index (χ0) is 22.8. The molecule has 1 aliphatic rings. The van der Waals surface area contributed by atoms with Crippen LogP contribution in [0.4, 0.5) is 0 Å². The van der Waals surface area contributed by atoms with E-state index in [1.54, 1.807) is 4.57 Å². The number of benzene rings is 2. The molecule has 0 saturated heterocycles. The number of aromatic nitrogens is 4. The highest BCUT2D eigenvalue weighted by atomic mass is 79.9.